The molecule has 0 N–H and O–H groups in total. The van der Waals surface area contributed by atoms with E-state index in [-0.39, 0.29) is 0 Å². The zero-order chi connectivity index (χ0) is 6.27. The van der Waals surface area contributed by atoms with Gasteiger partial charge in [-0.2, -0.15) is 0 Å². The molecule has 0 radical (unpaired) electrons. The van der Waals surface area contributed by atoms with Crippen LogP contribution in [0.5, 0.6) is 0 Å². The quantitative estimate of drug-likeness (QED) is 0.504. The van der Waals surface area contributed by atoms with Crippen molar-refractivity contribution in [2.45, 2.75) is 39.0 Å². The zero-order valence-corrected chi connectivity index (χ0v) is 6.27. The molecule has 2 rings (SSSR count). The molecule has 0 nitrogen and oxygen atoms in total. The van der Waals surface area contributed by atoms with Gasteiger partial charge < -0.3 is 0 Å². The summed E-state index contributed by atoms with van der Waals surface area (Å²) in [5, 5.41) is 0. The normalized spacial score (nSPS) is 43.7. The van der Waals surface area contributed by atoms with Crippen LogP contribution >= 0.6 is 0 Å². The van der Waals surface area contributed by atoms with Crippen molar-refractivity contribution in [3.05, 3.63) is 0 Å². The third-order valence-corrected chi connectivity index (χ3v) is 3.16. The third kappa shape index (κ3) is 0.997. The lowest BCUT2D eigenvalue weighted by molar-refractivity contribution is 0.371. The molecule has 0 aromatic heterocycles. The minimum atomic E-state index is 1.07. The van der Waals surface area contributed by atoms with Crippen LogP contribution in [0.3, 0.4) is 0 Å². The maximum absolute atomic E-state index is 2.44. The lowest BCUT2D eigenvalue weighted by Crippen LogP contribution is -2.05. The predicted molar refractivity (Wildman–Crippen MR) is 39.2 cm³/mol. The van der Waals surface area contributed by atoms with Crippen LogP contribution in [0.4, 0.5) is 0 Å². The molecular formula is C9H16. The Bertz CT molecular complexity index is 103. The fourth-order valence-electron chi connectivity index (χ4n) is 2.40. The summed E-state index contributed by atoms with van der Waals surface area (Å²) in [5.74, 6) is 3.38. The average Bonchev–Trinajstić information content (AvgIpc) is 2.58. The second-order valence-corrected chi connectivity index (χ2v) is 3.91. The Labute approximate surface area is 57.6 Å². The molecule has 0 heteroatoms. The van der Waals surface area contributed by atoms with Gasteiger partial charge in [0.15, 0.2) is 0 Å². The summed E-state index contributed by atoms with van der Waals surface area (Å²) in [7, 11) is 0. The molecule has 0 aromatic rings. The van der Waals surface area contributed by atoms with Gasteiger partial charge in [0.1, 0.15) is 0 Å². The molecule has 2 atom stereocenters. The van der Waals surface area contributed by atoms with Gasteiger partial charge in [-0.05, 0) is 37.0 Å². The van der Waals surface area contributed by atoms with E-state index in [9.17, 15) is 0 Å². The molecule has 0 aromatic carbocycles. The van der Waals surface area contributed by atoms with Crippen molar-refractivity contribution in [2.75, 3.05) is 0 Å². The highest BCUT2D eigenvalue weighted by Crippen LogP contribution is 2.47. The van der Waals surface area contributed by atoms with E-state index in [0.29, 0.717) is 0 Å². The van der Waals surface area contributed by atoms with Gasteiger partial charge in [-0.3, -0.25) is 0 Å². The van der Waals surface area contributed by atoms with E-state index in [1.54, 1.807) is 19.3 Å². The number of hydrogen-bond donors (Lipinski definition) is 0. The van der Waals surface area contributed by atoms with Gasteiger partial charge in [0.25, 0.3) is 0 Å². The molecule has 9 heavy (non-hydrogen) atoms. The standard InChI is InChI=1S/C9H16/c1-7-3-2-4-9(7)8-5-6-8/h7-9H,2-6H2,1H3/t7?,9-/m1/s1. The van der Waals surface area contributed by atoms with E-state index in [1.807, 2.05) is 0 Å². The summed E-state index contributed by atoms with van der Waals surface area (Å²) in [5.41, 5.74) is 0. The summed E-state index contributed by atoms with van der Waals surface area (Å²) < 4.78 is 0. The number of rotatable bonds is 1. The van der Waals surface area contributed by atoms with Crippen LogP contribution in [-0.2, 0) is 0 Å². The average molecular weight is 124 g/mol. The first-order valence-electron chi connectivity index (χ1n) is 4.38. The first-order chi connectivity index (χ1) is 4.38. The van der Waals surface area contributed by atoms with Crippen molar-refractivity contribution in [3.8, 4) is 0 Å². The van der Waals surface area contributed by atoms with E-state index < -0.39 is 0 Å². The molecule has 2 saturated carbocycles. The van der Waals surface area contributed by atoms with E-state index >= 15 is 0 Å². The maximum atomic E-state index is 2.44. The van der Waals surface area contributed by atoms with Crippen molar-refractivity contribution >= 4 is 0 Å². The summed E-state index contributed by atoms with van der Waals surface area (Å²) >= 11 is 0. The van der Waals surface area contributed by atoms with Crippen LogP contribution in [0, 0.1) is 17.8 Å². The number of hydrogen-bond acceptors (Lipinski definition) is 0. The summed E-state index contributed by atoms with van der Waals surface area (Å²) in [6.07, 6.45) is 7.68. The Kier molecular flexibility index (Phi) is 1.28. The van der Waals surface area contributed by atoms with Crippen molar-refractivity contribution in [1.29, 1.82) is 0 Å². The first-order valence-corrected chi connectivity index (χ1v) is 4.38. The molecule has 0 bridgehead atoms. The van der Waals surface area contributed by atoms with Gasteiger partial charge in [0, 0.05) is 0 Å². The van der Waals surface area contributed by atoms with Gasteiger partial charge in [-0.1, -0.05) is 19.8 Å². The minimum Gasteiger partial charge on any atom is -0.0622 e. The molecule has 0 amide bonds. The van der Waals surface area contributed by atoms with Crippen molar-refractivity contribution < 1.29 is 0 Å². The molecular weight excluding hydrogens is 108 g/mol. The Morgan fingerprint density at radius 2 is 1.78 bits per heavy atom. The SMILES string of the molecule is CC1CCC[C@H]1C1CC1. The van der Waals surface area contributed by atoms with E-state index in [1.165, 1.54) is 18.8 Å². The van der Waals surface area contributed by atoms with Gasteiger partial charge in [0.05, 0.1) is 0 Å². The van der Waals surface area contributed by atoms with Crippen molar-refractivity contribution in [1.82, 2.24) is 0 Å². The molecule has 0 heterocycles. The van der Waals surface area contributed by atoms with E-state index in [0.717, 1.165) is 11.8 Å². The third-order valence-electron chi connectivity index (χ3n) is 3.16. The smallest absolute Gasteiger partial charge is 0.0360 e. The molecule has 0 spiro atoms. The van der Waals surface area contributed by atoms with Crippen LogP contribution < -0.4 is 0 Å². The largest absolute Gasteiger partial charge is 0.0622 e. The van der Waals surface area contributed by atoms with E-state index in [4.69, 9.17) is 0 Å². The Morgan fingerprint density at radius 3 is 2.22 bits per heavy atom. The molecule has 1 unspecified atom stereocenters. The zero-order valence-electron chi connectivity index (χ0n) is 6.27. The molecule has 0 saturated heterocycles. The van der Waals surface area contributed by atoms with Crippen LogP contribution in [0.25, 0.3) is 0 Å². The van der Waals surface area contributed by atoms with Crippen molar-refractivity contribution in [2.24, 2.45) is 17.8 Å². The Morgan fingerprint density at radius 1 is 1.00 bits per heavy atom. The Balaban J connectivity index is 1.93. The fourth-order valence-corrected chi connectivity index (χ4v) is 2.40. The van der Waals surface area contributed by atoms with Crippen LogP contribution in [-0.4, -0.2) is 0 Å². The maximum Gasteiger partial charge on any atom is -0.0360 e. The second-order valence-electron chi connectivity index (χ2n) is 3.91. The minimum absolute atomic E-state index is 1.07. The molecule has 2 fully saturated rings. The summed E-state index contributed by atoms with van der Waals surface area (Å²) in [6.45, 7) is 2.44. The molecule has 52 valence electrons. The lowest BCUT2D eigenvalue weighted by atomic mass is 9.93. The lowest BCUT2D eigenvalue weighted by Gasteiger charge is -2.12. The van der Waals surface area contributed by atoms with Crippen molar-refractivity contribution in [3.63, 3.8) is 0 Å². The summed E-state index contributed by atoms with van der Waals surface area (Å²) in [4.78, 5) is 0. The van der Waals surface area contributed by atoms with Gasteiger partial charge in [0.2, 0.25) is 0 Å². The Hall–Kier alpha value is 0. The van der Waals surface area contributed by atoms with Gasteiger partial charge >= 0.3 is 0 Å². The van der Waals surface area contributed by atoms with Crippen LogP contribution in [0.15, 0.2) is 0 Å². The first kappa shape index (κ1) is 5.76. The fraction of sp³-hybridized carbons (Fsp3) is 1.00. The summed E-state index contributed by atoms with van der Waals surface area (Å²) in [6, 6.07) is 0. The topological polar surface area (TPSA) is 0 Å². The molecule has 2 aliphatic rings. The van der Waals surface area contributed by atoms with E-state index in [2.05, 4.69) is 6.92 Å². The highest BCUT2D eigenvalue weighted by Gasteiger charge is 2.36. The van der Waals surface area contributed by atoms with Crippen LogP contribution in [0.1, 0.15) is 39.0 Å². The molecule has 0 aliphatic heterocycles. The van der Waals surface area contributed by atoms with Gasteiger partial charge in [-0.25, -0.2) is 0 Å². The molecule has 2 aliphatic carbocycles. The predicted octanol–water partition coefficient (Wildman–Crippen LogP) is 2.83. The van der Waals surface area contributed by atoms with Gasteiger partial charge in [-0.15, -0.1) is 0 Å². The monoisotopic (exact) mass is 124 g/mol. The second kappa shape index (κ2) is 2.00. The highest BCUT2D eigenvalue weighted by molar-refractivity contribution is 4.87. The highest BCUT2D eigenvalue weighted by atomic mass is 14.4. The van der Waals surface area contributed by atoms with Crippen LogP contribution in [0.2, 0.25) is 0 Å².